The molecule has 16 heavy (non-hydrogen) atoms. The number of aryl methyl sites for hydroxylation is 1. The molecule has 4 heteroatoms. The second kappa shape index (κ2) is 3.89. The number of carbonyl (C=O) groups is 1. The molecule has 0 atom stereocenters. The van der Waals surface area contributed by atoms with Crippen LogP contribution in [0.15, 0.2) is 24.3 Å². The highest BCUT2D eigenvalue weighted by atomic mass is 19.1. The molecule has 0 aliphatic rings. The Hall–Kier alpha value is -1.97. The summed E-state index contributed by atoms with van der Waals surface area (Å²) in [6.07, 6.45) is 0.574. The van der Waals surface area contributed by atoms with Gasteiger partial charge in [-0.05, 0) is 18.6 Å². The second-order valence-electron chi connectivity index (χ2n) is 3.46. The monoisotopic (exact) mass is 219 g/mol. The van der Waals surface area contributed by atoms with Crippen molar-refractivity contribution >= 4 is 16.9 Å². The maximum atomic E-state index is 13.5. The Balaban J connectivity index is 2.87. The van der Waals surface area contributed by atoms with E-state index in [0.717, 1.165) is 0 Å². The summed E-state index contributed by atoms with van der Waals surface area (Å²) in [5.74, 6) is -1.55. The van der Waals surface area contributed by atoms with Crippen LogP contribution in [0.5, 0.6) is 0 Å². The third-order valence-corrected chi connectivity index (χ3v) is 2.44. The number of rotatable bonds is 2. The predicted molar refractivity (Wildman–Crippen MR) is 58.0 cm³/mol. The molecule has 0 fully saturated rings. The van der Waals surface area contributed by atoms with Crippen LogP contribution in [0.1, 0.15) is 23.0 Å². The molecule has 0 bridgehead atoms. The number of aromatic nitrogens is 1. The molecule has 0 aliphatic heterocycles. The van der Waals surface area contributed by atoms with E-state index >= 15 is 0 Å². The Kier molecular flexibility index (Phi) is 2.56. The fourth-order valence-corrected chi connectivity index (χ4v) is 1.62. The first-order valence-electron chi connectivity index (χ1n) is 4.95. The summed E-state index contributed by atoms with van der Waals surface area (Å²) in [5.41, 5.74) is 0.801. The van der Waals surface area contributed by atoms with E-state index < -0.39 is 11.8 Å². The molecule has 3 nitrogen and oxygen atoms in total. The minimum atomic E-state index is -1.06. The maximum absolute atomic E-state index is 13.5. The fraction of sp³-hybridized carbons (Fsp3) is 0.167. The van der Waals surface area contributed by atoms with Gasteiger partial charge in [0.05, 0.1) is 5.56 Å². The van der Waals surface area contributed by atoms with Crippen LogP contribution in [0.25, 0.3) is 10.9 Å². The van der Waals surface area contributed by atoms with Gasteiger partial charge in [-0.15, -0.1) is 0 Å². The number of hydrogen-bond donors (Lipinski definition) is 1. The molecule has 2 aromatic rings. The summed E-state index contributed by atoms with van der Waals surface area (Å²) in [6, 6.07) is 5.82. The molecular weight excluding hydrogens is 209 g/mol. The Morgan fingerprint density at radius 3 is 2.88 bits per heavy atom. The highest BCUT2D eigenvalue weighted by Crippen LogP contribution is 2.21. The van der Waals surface area contributed by atoms with Gasteiger partial charge in [0, 0.05) is 11.1 Å². The number of carboxylic acid groups (broad SMARTS) is 1. The van der Waals surface area contributed by atoms with Crippen molar-refractivity contribution in [2.75, 3.05) is 0 Å². The van der Waals surface area contributed by atoms with Crippen molar-refractivity contribution in [3.8, 4) is 0 Å². The van der Waals surface area contributed by atoms with Crippen LogP contribution in [0, 0.1) is 5.82 Å². The van der Waals surface area contributed by atoms with E-state index in [1.165, 1.54) is 18.2 Å². The van der Waals surface area contributed by atoms with Gasteiger partial charge in [-0.2, -0.15) is 0 Å². The van der Waals surface area contributed by atoms with Crippen LogP contribution in [0.2, 0.25) is 0 Å². The van der Waals surface area contributed by atoms with Crippen LogP contribution < -0.4 is 0 Å². The van der Waals surface area contributed by atoms with Gasteiger partial charge in [-0.3, -0.25) is 0 Å². The molecule has 0 saturated carbocycles. The second-order valence-corrected chi connectivity index (χ2v) is 3.46. The van der Waals surface area contributed by atoms with Crippen LogP contribution in [0.4, 0.5) is 4.39 Å². The Morgan fingerprint density at radius 2 is 2.25 bits per heavy atom. The molecule has 0 amide bonds. The van der Waals surface area contributed by atoms with E-state index in [9.17, 15) is 9.18 Å². The molecule has 2 rings (SSSR count). The molecule has 0 aliphatic carbocycles. The third kappa shape index (κ3) is 1.62. The lowest BCUT2D eigenvalue weighted by Gasteiger charge is -2.05. The van der Waals surface area contributed by atoms with Crippen molar-refractivity contribution in [2.45, 2.75) is 13.3 Å². The van der Waals surface area contributed by atoms with Gasteiger partial charge in [0.2, 0.25) is 0 Å². The lowest BCUT2D eigenvalue weighted by molar-refractivity contribution is 0.0699. The number of para-hydroxylation sites is 1. The number of pyridine rings is 1. The summed E-state index contributed by atoms with van der Waals surface area (Å²) in [5, 5.41) is 9.38. The number of benzene rings is 1. The van der Waals surface area contributed by atoms with E-state index in [0.29, 0.717) is 17.5 Å². The Bertz CT molecular complexity index is 566. The van der Waals surface area contributed by atoms with Crippen molar-refractivity contribution < 1.29 is 14.3 Å². The zero-order valence-corrected chi connectivity index (χ0v) is 8.70. The number of nitrogens with zero attached hydrogens (tertiary/aromatic N) is 1. The number of aromatic carboxylic acids is 1. The van der Waals surface area contributed by atoms with E-state index in [2.05, 4.69) is 4.98 Å². The minimum absolute atomic E-state index is 0.0985. The number of carboxylic acids is 1. The van der Waals surface area contributed by atoms with Gasteiger partial charge in [-0.25, -0.2) is 14.2 Å². The van der Waals surface area contributed by atoms with Gasteiger partial charge in [0.15, 0.2) is 0 Å². The van der Waals surface area contributed by atoms with E-state index in [-0.39, 0.29) is 11.1 Å². The topological polar surface area (TPSA) is 50.2 Å². The van der Waals surface area contributed by atoms with Crippen LogP contribution in [-0.2, 0) is 6.42 Å². The lowest BCUT2D eigenvalue weighted by atomic mass is 10.1. The Labute approximate surface area is 91.5 Å². The van der Waals surface area contributed by atoms with E-state index in [4.69, 9.17) is 5.11 Å². The first-order valence-corrected chi connectivity index (χ1v) is 4.95. The summed E-state index contributed by atoms with van der Waals surface area (Å²) in [7, 11) is 0. The van der Waals surface area contributed by atoms with Crippen molar-refractivity contribution in [2.24, 2.45) is 0 Å². The van der Waals surface area contributed by atoms with Crippen LogP contribution in [0.3, 0.4) is 0 Å². The first-order chi connectivity index (χ1) is 7.63. The molecule has 1 aromatic heterocycles. The van der Waals surface area contributed by atoms with Gasteiger partial charge < -0.3 is 5.11 Å². The van der Waals surface area contributed by atoms with Crippen molar-refractivity contribution in [1.29, 1.82) is 0 Å². The minimum Gasteiger partial charge on any atom is -0.478 e. The first kappa shape index (κ1) is 10.5. The fourth-order valence-electron chi connectivity index (χ4n) is 1.62. The zero-order chi connectivity index (χ0) is 11.7. The normalized spacial score (nSPS) is 10.6. The lowest BCUT2D eigenvalue weighted by Crippen LogP contribution is -2.02. The summed E-state index contributed by atoms with van der Waals surface area (Å²) < 4.78 is 13.5. The summed E-state index contributed by atoms with van der Waals surface area (Å²) in [6.45, 7) is 1.85. The molecule has 0 spiro atoms. The van der Waals surface area contributed by atoms with Gasteiger partial charge in [-0.1, -0.05) is 19.1 Å². The van der Waals surface area contributed by atoms with E-state index in [1.807, 2.05) is 6.92 Å². The molecule has 82 valence electrons. The number of halogens is 1. The molecule has 1 N–H and O–H groups in total. The number of hydrogen-bond acceptors (Lipinski definition) is 2. The molecule has 1 aromatic carbocycles. The highest BCUT2D eigenvalue weighted by Gasteiger charge is 2.13. The maximum Gasteiger partial charge on any atom is 0.336 e. The molecular formula is C12H10FNO2. The summed E-state index contributed by atoms with van der Waals surface area (Å²) >= 11 is 0. The average molecular weight is 219 g/mol. The van der Waals surface area contributed by atoms with Crippen molar-refractivity contribution in [3.05, 3.63) is 41.3 Å². The zero-order valence-electron chi connectivity index (χ0n) is 8.70. The third-order valence-electron chi connectivity index (χ3n) is 2.44. The van der Waals surface area contributed by atoms with Gasteiger partial charge in [0.25, 0.3) is 0 Å². The highest BCUT2D eigenvalue weighted by molar-refractivity contribution is 6.02. The SMILES string of the molecule is CCc1cc(C(=O)O)c2cccc(F)c2n1. The van der Waals surface area contributed by atoms with Gasteiger partial charge in [0.1, 0.15) is 11.3 Å². The molecule has 0 saturated heterocycles. The quantitative estimate of drug-likeness (QED) is 0.844. The van der Waals surface area contributed by atoms with Crippen molar-refractivity contribution in [3.63, 3.8) is 0 Å². The largest absolute Gasteiger partial charge is 0.478 e. The molecule has 0 radical (unpaired) electrons. The smallest absolute Gasteiger partial charge is 0.336 e. The summed E-state index contributed by atoms with van der Waals surface area (Å²) in [4.78, 5) is 15.1. The van der Waals surface area contributed by atoms with Gasteiger partial charge >= 0.3 is 5.97 Å². The average Bonchev–Trinajstić information content (AvgIpc) is 2.28. The van der Waals surface area contributed by atoms with E-state index in [1.54, 1.807) is 6.07 Å². The van der Waals surface area contributed by atoms with Crippen molar-refractivity contribution in [1.82, 2.24) is 4.98 Å². The molecule has 1 heterocycles. The molecule has 0 unspecified atom stereocenters. The predicted octanol–water partition coefficient (Wildman–Crippen LogP) is 2.63. The van der Waals surface area contributed by atoms with Crippen LogP contribution in [-0.4, -0.2) is 16.1 Å². The standard InChI is InChI=1S/C12H10FNO2/c1-2-7-6-9(12(15)16)8-4-3-5-10(13)11(8)14-7/h3-6H,2H2,1H3,(H,15,16). The van der Waals surface area contributed by atoms with Crippen LogP contribution >= 0.6 is 0 Å². The Morgan fingerprint density at radius 1 is 1.50 bits per heavy atom. The number of fused-ring (bicyclic) bond motifs is 1.